The fourth-order valence-electron chi connectivity index (χ4n) is 8.53. The van der Waals surface area contributed by atoms with Crippen molar-refractivity contribution in [3.8, 4) is 0 Å². The van der Waals surface area contributed by atoms with Gasteiger partial charge in [0.2, 0.25) is 11.6 Å². The third-order valence-corrected chi connectivity index (χ3v) is 13.8. The summed E-state index contributed by atoms with van der Waals surface area (Å²) in [6, 6.07) is 20.8. The molecule has 8 nitrogen and oxygen atoms in total. The lowest BCUT2D eigenvalue weighted by atomic mass is 9.87. The standard InChI is InChI=1S/C46H42N4O4S2/c1-7-25-27-15-11-13-17-37(27)55-39(25)19-29-43(51)31(44(29)52)21-41-47(5)33-23-34-36(24-35(33)49(41)9-3)50(10-4)42(48(34)6)22-32-45(53)30(46(32)54)20-40-26(8-2)28-16-12-14-18-38(28)56-40/h11-24,51,53H,7-10H2,1-6H3. The van der Waals surface area contributed by atoms with E-state index in [0.717, 1.165) is 57.0 Å². The quantitative estimate of drug-likeness (QED) is 0.151. The van der Waals surface area contributed by atoms with Crippen LogP contribution in [0.25, 0.3) is 32.3 Å². The molecule has 0 bridgehead atoms. The monoisotopic (exact) mass is 778 g/mol. The molecule has 5 aromatic rings. The van der Waals surface area contributed by atoms with Gasteiger partial charge in [0.1, 0.15) is 23.2 Å². The molecule has 0 fully saturated rings. The Hall–Kier alpha value is -5.84. The van der Waals surface area contributed by atoms with Gasteiger partial charge in [0, 0.05) is 46.3 Å². The average Bonchev–Trinajstić information content (AvgIpc) is 3.92. The maximum atomic E-state index is 13.6. The highest BCUT2D eigenvalue weighted by atomic mass is 32.1. The number of aryl methyl sites for hydroxylation is 2. The molecule has 0 saturated carbocycles. The van der Waals surface area contributed by atoms with Crippen molar-refractivity contribution in [3.05, 3.63) is 139 Å². The molecule has 9 rings (SSSR count). The van der Waals surface area contributed by atoms with Gasteiger partial charge >= 0.3 is 0 Å². The number of benzene rings is 3. The van der Waals surface area contributed by atoms with Crippen molar-refractivity contribution in [2.24, 2.45) is 0 Å². The molecule has 2 aromatic heterocycles. The maximum Gasteiger partial charge on any atom is 0.200 e. The minimum absolute atomic E-state index is 0.0207. The number of fused-ring (bicyclic) bond motifs is 4. The molecule has 4 aliphatic rings. The van der Waals surface area contributed by atoms with Crippen molar-refractivity contribution in [2.75, 3.05) is 46.8 Å². The molecule has 0 atom stereocenters. The Morgan fingerprint density at radius 3 is 1.34 bits per heavy atom. The Labute approximate surface area is 334 Å². The van der Waals surface area contributed by atoms with Crippen molar-refractivity contribution in [2.45, 2.75) is 40.5 Å². The molecule has 282 valence electrons. The largest absolute Gasteiger partial charge is 0.506 e. The van der Waals surface area contributed by atoms with Crippen LogP contribution in [0.5, 0.6) is 0 Å². The van der Waals surface area contributed by atoms with E-state index in [-0.39, 0.29) is 23.1 Å². The Kier molecular flexibility index (Phi) is 8.59. The topological polar surface area (TPSA) is 87.6 Å². The molecule has 3 aromatic carbocycles. The van der Waals surface area contributed by atoms with E-state index in [0.29, 0.717) is 35.4 Å². The van der Waals surface area contributed by atoms with Crippen LogP contribution in [0.4, 0.5) is 22.7 Å². The number of thiophene rings is 2. The molecule has 2 aliphatic carbocycles. The summed E-state index contributed by atoms with van der Waals surface area (Å²) in [5.74, 6) is 1.31. The van der Waals surface area contributed by atoms with Crippen LogP contribution in [0.1, 0.15) is 48.6 Å². The van der Waals surface area contributed by atoms with Gasteiger partial charge in [0.15, 0.2) is 0 Å². The number of anilines is 4. The fourth-order valence-corrected chi connectivity index (χ4v) is 11.0. The number of ketones is 2. The number of rotatable bonds is 8. The Morgan fingerprint density at radius 1 is 0.571 bits per heavy atom. The van der Waals surface area contributed by atoms with Crippen LogP contribution < -0.4 is 19.6 Å². The number of aliphatic hydroxyl groups excluding tert-OH is 2. The highest BCUT2D eigenvalue weighted by Gasteiger charge is 2.40. The first-order valence-electron chi connectivity index (χ1n) is 19.1. The summed E-state index contributed by atoms with van der Waals surface area (Å²) < 4.78 is 2.34. The molecule has 0 amide bonds. The SMILES string of the molecule is CCc1c(C=C2C(=O)C(C=C3N(C)c4cc5c(cc4N3CC)N(CC)C(=CC3=C(O)C(=Cc4sc6ccccc6c4CC)C3=O)N5C)=C2O)sc2ccccc12. The third kappa shape index (κ3) is 5.15. The van der Waals surface area contributed by atoms with Crippen LogP contribution in [-0.4, -0.2) is 49.0 Å². The Bertz CT molecular complexity index is 2570. The maximum absolute atomic E-state index is 13.6. The van der Waals surface area contributed by atoms with Gasteiger partial charge in [-0.1, -0.05) is 50.2 Å². The minimum atomic E-state index is -0.167. The Balaban J connectivity index is 1.02. The molecule has 2 N–H and O–H groups in total. The fraction of sp³-hybridized carbons (Fsp3) is 0.217. The highest BCUT2D eigenvalue weighted by Crippen LogP contribution is 2.52. The van der Waals surface area contributed by atoms with Gasteiger partial charge in [-0.25, -0.2) is 0 Å². The normalized spacial score (nSPS) is 19.6. The van der Waals surface area contributed by atoms with E-state index in [1.807, 2.05) is 50.5 Å². The summed E-state index contributed by atoms with van der Waals surface area (Å²) >= 11 is 3.29. The summed E-state index contributed by atoms with van der Waals surface area (Å²) in [5, 5.41) is 24.9. The number of hydrogen-bond donors (Lipinski definition) is 2. The number of Topliss-reactive ketones (excluding diaryl/α,β-unsaturated/α-hetero) is 2. The molecular weight excluding hydrogens is 737 g/mol. The molecule has 0 radical (unpaired) electrons. The van der Waals surface area contributed by atoms with Gasteiger partial charge in [-0.05, 0) is 97.2 Å². The van der Waals surface area contributed by atoms with Crippen LogP contribution in [-0.2, 0) is 22.4 Å². The number of allylic oxidation sites excluding steroid dienone is 6. The molecule has 56 heavy (non-hydrogen) atoms. The van der Waals surface area contributed by atoms with E-state index in [1.54, 1.807) is 34.8 Å². The van der Waals surface area contributed by atoms with Crippen LogP contribution in [0.15, 0.2) is 118 Å². The average molecular weight is 779 g/mol. The van der Waals surface area contributed by atoms with Crippen molar-refractivity contribution >= 4 is 89.3 Å². The van der Waals surface area contributed by atoms with Gasteiger partial charge < -0.3 is 29.8 Å². The third-order valence-electron chi connectivity index (χ3n) is 11.5. The zero-order valence-electron chi connectivity index (χ0n) is 32.2. The lowest BCUT2D eigenvalue weighted by Crippen LogP contribution is -2.29. The highest BCUT2D eigenvalue weighted by molar-refractivity contribution is 7.20. The van der Waals surface area contributed by atoms with Gasteiger partial charge in [0.05, 0.1) is 45.0 Å². The van der Waals surface area contributed by atoms with Gasteiger partial charge in [-0.15, -0.1) is 22.7 Å². The molecule has 2 aliphatic heterocycles. The number of carbonyl (C=O) groups is 2. The van der Waals surface area contributed by atoms with Crippen molar-refractivity contribution in [1.29, 1.82) is 0 Å². The lowest BCUT2D eigenvalue weighted by molar-refractivity contribution is -0.114. The molecule has 4 heterocycles. The second kappa shape index (κ2) is 13.4. The summed E-state index contributed by atoms with van der Waals surface area (Å²) in [7, 11) is 3.95. The van der Waals surface area contributed by atoms with Crippen LogP contribution in [0.3, 0.4) is 0 Å². The first-order valence-corrected chi connectivity index (χ1v) is 20.8. The van der Waals surface area contributed by atoms with E-state index in [9.17, 15) is 19.8 Å². The first kappa shape index (κ1) is 35.8. The van der Waals surface area contributed by atoms with Gasteiger partial charge in [0.25, 0.3) is 0 Å². The van der Waals surface area contributed by atoms with Crippen LogP contribution in [0, 0.1) is 0 Å². The van der Waals surface area contributed by atoms with E-state index in [4.69, 9.17) is 0 Å². The molecule has 0 saturated heterocycles. The number of aliphatic hydroxyl groups is 2. The molecule has 0 spiro atoms. The second-order valence-corrected chi connectivity index (χ2v) is 16.5. The van der Waals surface area contributed by atoms with E-state index in [1.165, 1.54) is 31.3 Å². The minimum Gasteiger partial charge on any atom is -0.506 e. The number of nitrogens with zero attached hydrogens (tertiary/aromatic N) is 4. The summed E-state index contributed by atoms with van der Waals surface area (Å²) in [4.78, 5) is 37.6. The first-order chi connectivity index (χ1) is 27.1. The van der Waals surface area contributed by atoms with Crippen molar-refractivity contribution < 1.29 is 19.8 Å². The molecule has 0 unspecified atom stereocenters. The van der Waals surface area contributed by atoms with Crippen molar-refractivity contribution in [3.63, 3.8) is 0 Å². The van der Waals surface area contributed by atoms with E-state index in [2.05, 4.69) is 83.7 Å². The zero-order chi connectivity index (χ0) is 39.2. The van der Waals surface area contributed by atoms with Crippen LogP contribution >= 0.6 is 22.7 Å². The van der Waals surface area contributed by atoms with Crippen molar-refractivity contribution in [1.82, 2.24) is 0 Å². The van der Waals surface area contributed by atoms with Crippen LogP contribution in [0.2, 0.25) is 0 Å². The smallest absolute Gasteiger partial charge is 0.200 e. The summed E-state index contributed by atoms with van der Waals surface area (Å²) in [6.45, 7) is 9.65. The van der Waals surface area contributed by atoms with E-state index < -0.39 is 0 Å². The predicted molar refractivity (Wildman–Crippen MR) is 233 cm³/mol. The number of carbonyl (C=O) groups excluding carboxylic acids is 2. The molecule has 10 heteroatoms. The summed E-state index contributed by atoms with van der Waals surface area (Å²) in [6.07, 6.45) is 8.96. The van der Waals surface area contributed by atoms with Gasteiger partial charge in [-0.3, -0.25) is 9.59 Å². The molecular formula is C46H42N4O4S2. The zero-order valence-corrected chi connectivity index (χ0v) is 33.9. The lowest BCUT2D eigenvalue weighted by Gasteiger charge is -2.26. The van der Waals surface area contributed by atoms with Gasteiger partial charge in [-0.2, -0.15) is 0 Å². The Morgan fingerprint density at radius 2 is 0.964 bits per heavy atom. The predicted octanol–water partition coefficient (Wildman–Crippen LogP) is 10.4. The second-order valence-electron chi connectivity index (χ2n) is 14.3. The number of hydrogen-bond acceptors (Lipinski definition) is 10. The van der Waals surface area contributed by atoms with E-state index >= 15 is 0 Å². The summed E-state index contributed by atoms with van der Waals surface area (Å²) in [5.41, 5.74) is 7.56.